The highest BCUT2D eigenvalue weighted by Gasteiger charge is 2.26. The maximum absolute atomic E-state index is 5.09. The molecule has 0 aromatic carbocycles. The van der Waals surface area contributed by atoms with Crippen molar-refractivity contribution in [1.29, 1.82) is 0 Å². The lowest BCUT2D eigenvalue weighted by Crippen LogP contribution is -2.33. The second-order valence-corrected chi connectivity index (χ2v) is 5.37. The van der Waals surface area contributed by atoms with Gasteiger partial charge in [-0.1, -0.05) is 13.8 Å². The lowest BCUT2D eigenvalue weighted by molar-refractivity contribution is 0.275. The molecule has 2 rings (SSSR count). The van der Waals surface area contributed by atoms with Crippen LogP contribution in [0.4, 0.5) is 11.9 Å². The third kappa shape index (κ3) is 3.45. The van der Waals surface area contributed by atoms with E-state index in [1.165, 1.54) is 12.8 Å². The van der Waals surface area contributed by atoms with E-state index in [1.54, 1.807) is 14.2 Å². The van der Waals surface area contributed by atoms with Gasteiger partial charge in [0.1, 0.15) is 0 Å². The maximum atomic E-state index is 5.09. The van der Waals surface area contributed by atoms with Gasteiger partial charge in [0.2, 0.25) is 11.9 Å². The SMILES string of the molecule is CNc1nc(NC2CCC(C)CC2C)nc(OC)n1. The molecule has 19 heavy (non-hydrogen) atoms. The average Bonchev–Trinajstić information content (AvgIpc) is 2.41. The molecule has 0 amide bonds. The highest BCUT2D eigenvalue weighted by Crippen LogP contribution is 2.30. The monoisotopic (exact) mass is 265 g/mol. The Morgan fingerprint density at radius 2 is 1.84 bits per heavy atom. The molecule has 0 bridgehead atoms. The lowest BCUT2D eigenvalue weighted by atomic mass is 9.80. The molecule has 1 saturated carbocycles. The van der Waals surface area contributed by atoms with E-state index < -0.39 is 0 Å². The van der Waals surface area contributed by atoms with Gasteiger partial charge in [-0.05, 0) is 31.1 Å². The van der Waals surface area contributed by atoms with E-state index in [0.717, 1.165) is 12.3 Å². The fourth-order valence-corrected chi connectivity index (χ4v) is 2.67. The van der Waals surface area contributed by atoms with Gasteiger partial charge in [0, 0.05) is 13.1 Å². The zero-order valence-electron chi connectivity index (χ0n) is 12.1. The first-order valence-electron chi connectivity index (χ1n) is 6.86. The minimum absolute atomic E-state index is 0.332. The standard InChI is InChI=1S/C13H23N5O/c1-8-5-6-10(9(2)7-8)15-12-16-11(14-3)17-13(18-12)19-4/h8-10H,5-7H2,1-4H3,(H2,14,15,16,17,18). The zero-order chi connectivity index (χ0) is 13.8. The fraction of sp³-hybridized carbons (Fsp3) is 0.769. The summed E-state index contributed by atoms with van der Waals surface area (Å²) in [5.74, 6) is 2.55. The molecule has 0 radical (unpaired) electrons. The van der Waals surface area contributed by atoms with Gasteiger partial charge >= 0.3 is 6.01 Å². The van der Waals surface area contributed by atoms with Gasteiger partial charge in [0.25, 0.3) is 0 Å². The van der Waals surface area contributed by atoms with Crippen molar-refractivity contribution in [2.45, 2.75) is 39.2 Å². The number of hydrogen-bond acceptors (Lipinski definition) is 6. The Morgan fingerprint density at radius 1 is 1.11 bits per heavy atom. The molecule has 3 atom stereocenters. The Morgan fingerprint density at radius 3 is 2.47 bits per heavy atom. The molecule has 1 aliphatic rings. The van der Waals surface area contributed by atoms with Crippen molar-refractivity contribution in [2.75, 3.05) is 24.8 Å². The number of nitrogens with one attached hydrogen (secondary N) is 2. The second-order valence-electron chi connectivity index (χ2n) is 5.37. The summed E-state index contributed by atoms with van der Waals surface area (Å²) in [5.41, 5.74) is 0. The summed E-state index contributed by atoms with van der Waals surface area (Å²) >= 11 is 0. The first-order chi connectivity index (χ1) is 9.12. The maximum Gasteiger partial charge on any atom is 0.322 e. The molecule has 1 aliphatic carbocycles. The molecule has 1 aromatic heterocycles. The molecule has 3 unspecified atom stereocenters. The molecular formula is C13H23N5O. The number of rotatable bonds is 4. The van der Waals surface area contributed by atoms with Crippen molar-refractivity contribution in [3.63, 3.8) is 0 Å². The van der Waals surface area contributed by atoms with Gasteiger partial charge in [-0.15, -0.1) is 0 Å². The Bertz CT molecular complexity index is 403. The van der Waals surface area contributed by atoms with Crippen LogP contribution in [0.3, 0.4) is 0 Å². The second kappa shape index (κ2) is 6.04. The number of anilines is 2. The number of aromatic nitrogens is 3. The van der Waals surface area contributed by atoms with E-state index >= 15 is 0 Å². The Labute approximate surface area is 114 Å². The number of ether oxygens (including phenoxy) is 1. The predicted molar refractivity (Wildman–Crippen MR) is 75.5 cm³/mol. The summed E-state index contributed by atoms with van der Waals surface area (Å²) in [4.78, 5) is 12.7. The van der Waals surface area contributed by atoms with Crippen molar-refractivity contribution < 1.29 is 4.74 Å². The van der Waals surface area contributed by atoms with E-state index in [2.05, 4.69) is 39.4 Å². The lowest BCUT2D eigenvalue weighted by Gasteiger charge is -2.33. The Balaban J connectivity index is 2.09. The van der Waals surface area contributed by atoms with Gasteiger partial charge < -0.3 is 15.4 Å². The summed E-state index contributed by atoms with van der Waals surface area (Å²) in [6.45, 7) is 4.60. The summed E-state index contributed by atoms with van der Waals surface area (Å²) < 4.78 is 5.09. The van der Waals surface area contributed by atoms with Gasteiger partial charge in [-0.3, -0.25) is 0 Å². The quantitative estimate of drug-likeness (QED) is 0.869. The summed E-state index contributed by atoms with van der Waals surface area (Å²) in [6, 6.07) is 0.756. The molecule has 6 heteroatoms. The summed E-state index contributed by atoms with van der Waals surface area (Å²) in [7, 11) is 3.34. The molecule has 0 spiro atoms. The van der Waals surface area contributed by atoms with E-state index in [4.69, 9.17) is 4.74 Å². The average molecular weight is 265 g/mol. The topological polar surface area (TPSA) is 72.0 Å². The van der Waals surface area contributed by atoms with Crippen molar-refractivity contribution in [2.24, 2.45) is 11.8 Å². The van der Waals surface area contributed by atoms with Crippen molar-refractivity contribution in [1.82, 2.24) is 15.0 Å². The van der Waals surface area contributed by atoms with Crippen LogP contribution in [0, 0.1) is 11.8 Å². The van der Waals surface area contributed by atoms with Gasteiger partial charge in [-0.2, -0.15) is 15.0 Å². The zero-order valence-corrected chi connectivity index (χ0v) is 12.1. The molecule has 1 fully saturated rings. The van der Waals surface area contributed by atoms with Crippen molar-refractivity contribution in [3.8, 4) is 6.01 Å². The number of methoxy groups -OCH3 is 1. The van der Waals surface area contributed by atoms with Crippen molar-refractivity contribution in [3.05, 3.63) is 0 Å². The third-order valence-corrected chi connectivity index (χ3v) is 3.77. The van der Waals surface area contributed by atoms with E-state index in [9.17, 15) is 0 Å². The molecule has 1 heterocycles. The summed E-state index contributed by atoms with van der Waals surface area (Å²) in [6.07, 6.45) is 3.66. The third-order valence-electron chi connectivity index (χ3n) is 3.77. The molecule has 1 aromatic rings. The molecule has 2 N–H and O–H groups in total. The van der Waals surface area contributed by atoms with Crippen LogP contribution in [0.5, 0.6) is 6.01 Å². The van der Waals surface area contributed by atoms with Crippen LogP contribution >= 0.6 is 0 Å². The largest absolute Gasteiger partial charge is 0.467 e. The fourth-order valence-electron chi connectivity index (χ4n) is 2.67. The van der Waals surface area contributed by atoms with E-state index in [0.29, 0.717) is 29.9 Å². The van der Waals surface area contributed by atoms with Crippen LogP contribution in [-0.2, 0) is 0 Å². The first-order valence-corrected chi connectivity index (χ1v) is 6.86. The summed E-state index contributed by atoms with van der Waals surface area (Å²) in [5, 5.41) is 6.33. The smallest absolute Gasteiger partial charge is 0.322 e. The van der Waals surface area contributed by atoms with Crippen LogP contribution < -0.4 is 15.4 Å². The van der Waals surface area contributed by atoms with E-state index in [1.807, 2.05) is 0 Å². The van der Waals surface area contributed by atoms with Gasteiger partial charge in [0.05, 0.1) is 7.11 Å². The van der Waals surface area contributed by atoms with Gasteiger partial charge in [0.15, 0.2) is 0 Å². The first kappa shape index (κ1) is 13.8. The van der Waals surface area contributed by atoms with E-state index in [-0.39, 0.29) is 0 Å². The molecule has 6 nitrogen and oxygen atoms in total. The molecule has 106 valence electrons. The van der Waals surface area contributed by atoms with Gasteiger partial charge in [-0.25, -0.2) is 0 Å². The van der Waals surface area contributed by atoms with Crippen LogP contribution in [-0.4, -0.2) is 35.2 Å². The predicted octanol–water partition coefficient (Wildman–Crippen LogP) is 2.16. The van der Waals surface area contributed by atoms with Crippen LogP contribution in [0.1, 0.15) is 33.1 Å². The van der Waals surface area contributed by atoms with Crippen LogP contribution in [0.25, 0.3) is 0 Å². The highest BCUT2D eigenvalue weighted by molar-refractivity contribution is 5.36. The Kier molecular flexibility index (Phi) is 4.39. The molecule has 0 saturated heterocycles. The minimum atomic E-state index is 0.332. The molecule has 0 aliphatic heterocycles. The Hall–Kier alpha value is -1.59. The number of hydrogen-bond donors (Lipinski definition) is 2. The van der Waals surface area contributed by atoms with Crippen molar-refractivity contribution >= 4 is 11.9 Å². The van der Waals surface area contributed by atoms with Crippen LogP contribution in [0.2, 0.25) is 0 Å². The number of nitrogens with zero attached hydrogens (tertiary/aromatic N) is 3. The van der Waals surface area contributed by atoms with Crippen LogP contribution in [0.15, 0.2) is 0 Å². The molecular weight excluding hydrogens is 242 g/mol. The minimum Gasteiger partial charge on any atom is -0.467 e. The normalized spacial score (nSPS) is 26.8. The highest BCUT2D eigenvalue weighted by atomic mass is 16.5.